The lowest BCUT2D eigenvalue weighted by Gasteiger charge is -2.23. The minimum Gasteiger partial charge on any atom is -0.492 e. The molecule has 0 aromatic heterocycles. The third-order valence-electron chi connectivity index (χ3n) is 3.98. The van der Waals surface area contributed by atoms with Crippen molar-refractivity contribution in [3.63, 3.8) is 0 Å². The SMILES string of the molecule is CCOc1ccccc1N(CCNC(=O)CCc1ccccc1)C(C)=O. The average molecular weight is 354 g/mol. The van der Waals surface area contributed by atoms with Crippen LogP contribution in [0.4, 0.5) is 5.69 Å². The standard InChI is InChI=1S/C21H26N2O3/c1-3-26-20-12-8-7-11-19(20)23(17(2)24)16-15-22-21(25)14-13-18-9-5-4-6-10-18/h4-12H,3,13-16H2,1-2H3,(H,22,25). The number of ether oxygens (including phenoxy) is 1. The van der Waals surface area contributed by atoms with Gasteiger partial charge in [-0.1, -0.05) is 42.5 Å². The molecule has 0 radical (unpaired) electrons. The van der Waals surface area contributed by atoms with Crippen molar-refractivity contribution >= 4 is 17.5 Å². The van der Waals surface area contributed by atoms with Gasteiger partial charge in [0, 0.05) is 26.4 Å². The maximum atomic E-state index is 12.0. The third kappa shape index (κ3) is 5.92. The monoisotopic (exact) mass is 354 g/mol. The Morgan fingerprint density at radius 1 is 1.04 bits per heavy atom. The van der Waals surface area contributed by atoms with Crippen molar-refractivity contribution in [1.29, 1.82) is 0 Å². The van der Waals surface area contributed by atoms with Gasteiger partial charge in [-0.05, 0) is 31.0 Å². The van der Waals surface area contributed by atoms with Crippen molar-refractivity contribution < 1.29 is 14.3 Å². The van der Waals surface area contributed by atoms with Gasteiger partial charge in [0.05, 0.1) is 12.3 Å². The topological polar surface area (TPSA) is 58.6 Å². The number of benzene rings is 2. The summed E-state index contributed by atoms with van der Waals surface area (Å²) in [5.74, 6) is 0.562. The highest BCUT2D eigenvalue weighted by Gasteiger charge is 2.16. The van der Waals surface area contributed by atoms with Crippen molar-refractivity contribution in [2.45, 2.75) is 26.7 Å². The second-order valence-electron chi connectivity index (χ2n) is 5.91. The second-order valence-corrected chi connectivity index (χ2v) is 5.91. The van der Waals surface area contributed by atoms with Gasteiger partial charge in [-0.3, -0.25) is 9.59 Å². The van der Waals surface area contributed by atoms with E-state index in [9.17, 15) is 9.59 Å². The van der Waals surface area contributed by atoms with Crippen LogP contribution in [-0.4, -0.2) is 31.5 Å². The molecule has 5 heteroatoms. The third-order valence-corrected chi connectivity index (χ3v) is 3.98. The Morgan fingerprint density at radius 3 is 2.42 bits per heavy atom. The summed E-state index contributed by atoms with van der Waals surface area (Å²) in [4.78, 5) is 25.7. The van der Waals surface area contributed by atoms with Crippen LogP contribution in [0.1, 0.15) is 25.8 Å². The number of amides is 2. The predicted molar refractivity (Wildman–Crippen MR) is 103 cm³/mol. The number of carbonyl (C=O) groups excluding carboxylic acids is 2. The van der Waals surface area contributed by atoms with E-state index in [-0.39, 0.29) is 11.8 Å². The van der Waals surface area contributed by atoms with E-state index in [4.69, 9.17) is 4.74 Å². The first-order chi connectivity index (χ1) is 12.6. The minimum absolute atomic E-state index is 0.0181. The molecule has 0 saturated heterocycles. The fourth-order valence-electron chi connectivity index (χ4n) is 2.70. The van der Waals surface area contributed by atoms with E-state index in [1.165, 1.54) is 6.92 Å². The van der Waals surface area contributed by atoms with Crippen molar-refractivity contribution in [3.05, 3.63) is 60.2 Å². The van der Waals surface area contributed by atoms with Crippen LogP contribution in [0.3, 0.4) is 0 Å². The van der Waals surface area contributed by atoms with Gasteiger partial charge in [0.15, 0.2) is 0 Å². The summed E-state index contributed by atoms with van der Waals surface area (Å²) in [6.07, 6.45) is 1.13. The van der Waals surface area contributed by atoms with Gasteiger partial charge in [-0.15, -0.1) is 0 Å². The van der Waals surface area contributed by atoms with Gasteiger partial charge in [0.25, 0.3) is 0 Å². The number of hydrogen-bond donors (Lipinski definition) is 1. The van der Waals surface area contributed by atoms with Crippen LogP contribution < -0.4 is 15.0 Å². The molecule has 0 atom stereocenters. The second kappa shape index (κ2) is 10.2. The number of hydrogen-bond acceptors (Lipinski definition) is 3. The highest BCUT2D eigenvalue weighted by molar-refractivity contribution is 5.93. The Kier molecular flexibility index (Phi) is 7.68. The van der Waals surface area contributed by atoms with Gasteiger partial charge < -0.3 is 15.0 Å². The summed E-state index contributed by atoms with van der Waals surface area (Å²) in [6.45, 7) is 4.74. The number of carbonyl (C=O) groups is 2. The van der Waals surface area contributed by atoms with Gasteiger partial charge in [-0.25, -0.2) is 0 Å². The van der Waals surface area contributed by atoms with Crippen LogP contribution in [0, 0.1) is 0 Å². The van der Waals surface area contributed by atoms with Crippen molar-refractivity contribution in [3.8, 4) is 5.75 Å². The number of nitrogens with one attached hydrogen (secondary N) is 1. The minimum atomic E-state index is -0.0873. The van der Waals surface area contributed by atoms with Crippen molar-refractivity contribution in [2.24, 2.45) is 0 Å². The molecule has 1 N–H and O–H groups in total. The molecule has 0 unspecified atom stereocenters. The zero-order chi connectivity index (χ0) is 18.8. The molecule has 0 saturated carbocycles. The Bertz CT molecular complexity index is 716. The maximum absolute atomic E-state index is 12.0. The highest BCUT2D eigenvalue weighted by atomic mass is 16.5. The number of anilines is 1. The molecule has 0 aliphatic carbocycles. The molecule has 0 fully saturated rings. The zero-order valence-electron chi connectivity index (χ0n) is 15.4. The molecule has 2 aromatic carbocycles. The first-order valence-electron chi connectivity index (χ1n) is 8.92. The summed E-state index contributed by atoms with van der Waals surface area (Å²) < 4.78 is 5.60. The summed E-state index contributed by atoms with van der Waals surface area (Å²) in [5, 5.41) is 2.89. The van der Waals surface area contributed by atoms with E-state index in [2.05, 4.69) is 5.32 Å². The normalized spacial score (nSPS) is 10.2. The van der Waals surface area contributed by atoms with Crippen LogP contribution >= 0.6 is 0 Å². The lowest BCUT2D eigenvalue weighted by molar-refractivity contribution is -0.121. The number of aryl methyl sites for hydroxylation is 1. The molecule has 0 aliphatic heterocycles. The summed E-state index contributed by atoms with van der Waals surface area (Å²) in [6, 6.07) is 17.3. The average Bonchev–Trinajstić information content (AvgIpc) is 2.65. The van der Waals surface area contributed by atoms with E-state index >= 15 is 0 Å². The van der Waals surface area contributed by atoms with E-state index in [1.807, 2.05) is 61.5 Å². The lowest BCUT2D eigenvalue weighted by atomic mass is 10.1. The van der Waals surface area contributed by atoms with Crippen molar-refractivity contribution in [2.75, 3.05) is 24.6 Å². The molecule has 138 valence electrons. The van der Waals surface area contributed by atoms with Crippen LogP contribution in [-0.2, 0) is 16.0 Å². The largest absolute Gasteiger partial charge is 0.492 e. The van der Waals surface area contributed by atoms with Crippen LogP contribution in [0.2, 0.25) is 0 Å². The van der Waals surface area contributed by atoms with Gasteiger partial charge in [0.2, 0.25) is 11.8 Å². The molecule has 0 heterocycles. The number of rotatable bonds is 9. The van der Waals surface area contributed by atoms with Crippen LogP contribution in [0.15, 0.2) is 54.6 Å². The molecule has 5 nitrogen and oxygen atoms in total. The maximum Gasteiger partial charge on any atom is 0.224 e. The fourth-order valence-corrected chi connectivity index (χ4v) is 2.70. The molecular weight excluding hydrogens is 328 g/mol. The van der Waals surface area contributed by atoms with Gasteiger partial charge in [-0.2, -0.15) is 0 Å². The molecule has 0 aliphatic rings. The molecule has 0 bridgehead atoms. The van der Waals surface area contributed by atoms with Crippen molar-refractivity contribution in [1.82, 2.24) is 5.32 Å². The van der Waals surface area contributed by atoms with E-state index in [0.717, 1.165) is 11.3 Å². The van der Waals surface area contributed by atoms with E-state index in [0.29, 0.717) is 38.3 Å². The Balaban J connectivity index is 1.87. The van der Waals surface area contributed by atoms with E-state index in [1.54, 1.807) is 4.90 Å². The van der Waals surface area contributed by atoms with Crippen LogP contribution in [0.25, 0.3) is 0 Å². The smallest absolute Gasteiger partial charge is 0.224 e. The summed E-state index contributed by atoms with van der Waals surface area (Å²) in [5.41, 5.74) is 1.86. The summed E-state index contributed by atoms with van der Waals surface area (Å²) in [7, 11) is 0. The molecule has 2 aromatic rings. The Labute approximate surface area is 155 Å². The molecule has 26 heavy (non-hydrogen) atoms. The number of nitrogens with zero attached hydrogens (tertiary/aromatic N) is 1. The predicted octanol–water partition coefficient (Wildman–Crippen LogP) is 3.19. The fraction of sp³-hybridized carbons (Fsp3) is 0.333. The first kappa shape index (κ1) is 19.5. The zero-order valence-corrected chi connectivity index (χ0v) is 15.4. The Hall–Kier alpha value is -2.82. The first-order valence-corrected chi connectivity index (χ1v) is 8.92. The molecule has 2 rings (SSSR count). The highest BCUT2D eigenvalue weighted by Crippen LogP contribution is 2.27. The van der Waals surface area contributed by atoms with Crippen LogP contribution in [0.5, 0.6) is 5.75 Å². The van der Waals surface area contributed by atoms with E-state index < -0.39 is 0 Å². The van der Waals surface area contributed by atoms with Gasteiger partial charge >= 0.3 is 0 Å². The summed E-state index contributed by atoms with van der Waals surface area (Å²) >= 11 is 0. The lowest BCUT2D eigenvalue weighted by Crippen LogP contribution is -2.37. The molecule has 2 amide bonds. The molecular formula is C21H26N2O3. The Morgan fingerprint density at radius 2 is 1.73 bits per heavy atom. The number of para-hydroxylation sites is 2. The van der Waals surface area contributed by atoms with Gasteiger partial charge in [0.1, 0.15) is 5.75 Å². The molecule has 0 spiro atoms. The quantitative estimate of drug-likeness (QED) is 0.752.